The fraction of sp³-hybridized carbons (Fsp3) is 0.526. The second-order valence-electron chi connectivity index (χ2n) is 6.49. The maximum Gasteiger partial charge on any atom is 0.350 e. The second-order valence-corrected chi connectivity index (χ2v) is 7.71. The van der Waals surface area contributed by atoms with E-state index in [-0.39, 0.29) is 19.1 Å². The number of amides is 2. The van der Waals surface area contributed by atoms with E-state index in [2.05, 4.69) is 5.32 Å². The SMILES string of the molecule is CCOC(=O)[C@@]1(C(=O)N[C@@H](Cc2ccccc2)C(=O)N2CCSCC2)CO1. The van der Waals surface area contributed by atoms with Gasteiger partial charge >= 0.3 is 5.97 Å². The number of ether oxygens (including phenoxy) is 2. The smallest absolute Gasteiger partial charge is 0.350 e. The van der Waals surface area contributed by atoms with Crippen molar-refractivity contribution in [3.8, 4) is 0 Å². The maximum absolute atomic E-state index is 13.0. The van der Waals surface area contributed by atoms with Crippen molar-refractivity contribution in [1.29, 1.82) is 0 Å². The molecule has 8 heteroatoms. The van der Waals surface area contributed by atoms with Crippen LogP contribution in [-0.4, -0.2) is 72.1 Å². The number of thioether (sulfide) groups is 1. The van der Waals surface area contributed by atoms with Gasteiger partial charge in [0.1, 0.15) is 6.04 Å². The molecule has 27 heavy (non-hydrogen) atoms. The molecule has 1 aromatic carbocycles. The topological polar surface area (TPSA) is 88.2 Å². The molecule has 2 aliphatic heterocycles. The zero-order chi connectivity index (χ0) is 19.3. The normalized spacial score (nSPS) is 22.6. The number of hydrogen-bond acceptors (Lipinski definition) is 6. The van der Waals surface area contributed by atoms with E-state index in [9.17, 15) is 14.4 Å². The van der Waals surface area contributed by atoms with Crippen molar-refractivity contribution in [2.45, 2.75) is 25.0 Å². The van der Waals surface area contributed by atoms with Crippen LogP contribution in [-0.2, 0) is 30.3 Å². The lowest BCUT2D eigenvalue weighted by atomic mass is 10.0. The lowest BCUT2D eigenvalue weighted by Gasteiger charge is -2.31. The molecular formula is C19H24N2O5S. The van der Waals surface area contributed by atoms with Gasteiger partial charge in [-0.3, -0.25) is 9.59 Å². The third-order valence-corrected chi connectivity index (χ3v) is 5.56. The Hall–Kier alpha value is -2.06. The molecule has 146 valence electrons. The monoisotopic (exact) mass is 392 g/mol. The fourth-order valence-electron chi connectivity index (χ4n) is 2.99. The third kappa shape index (κ3) is 4.62. The van der Waals surface area contributed by atoms with Crippen LogP contribution in [0.15, 0.2) is 30.3 Å². The Kier molecular flexibility index (Phi) is 6.38. The molecule has 3 rings (SSSR count). The van der Waals surface area contributed by atoms with Gasteiger partial charge in [0.2, 0.25) is 5.91 Å². The molecule has 2 aliphatic rings. The zero-order valence-corrected chi connectivity index (χ0v) is 16.1. The van der Waals surface area contributed by atoms with Gasteiger partial charge in [0, 0.05) is 31.0 Å². The van der Waals surface area contributed by atoms with Crippen LogP contribution in [0.2, 0.25) is 0 Å². The number of rotatable bonds is 7. The van der Waals surface area contributed by atoms with E-state index in [1.54, 1.807) is 23.6 Å². The van der Waals surface area contributed by atoms with Crippen molar-refractivity contribution in [3.05, 3.63) is 35.9 Å². The maximum atomic E-state index is 13.0. The standard InChI is InChI=1S/C19H24N2O5S/c1-2-25-18(24)19(13-26-19)17(23)20-15(12-14-6-4-3-5-7-14)16(22)21-8-10-27-11-9-21/h3-7,15H,2,8-13H2,1H3,(H,20,23)/t15-,19-/m0/s1. The predicted molar refractivity (Wildman–Crippen MR) is 101 cm³/mol. The molecule has 0 spiro atoms. The number of hydrogen-bond donors (Lipinski definition) is 1. The van der Waals surface area contributed by atoms with Gasteiger partial charge in [0.15, 0.2) is 0 Å². The molecule has 2 fully saturated rings. The molecule has 0 saturated carbocycles. The Balaban J connectivity index is 1.74. The largest absolute Gasteiger partial charge is 0.463 e. The van der Waals surface area contributed by atoms with Crippen LogP contribution in [0.4, 0.5) is 0 Å². The minimum atomic E-state index is -1.61. The molecular weight excluding hydrogens is 368 g/mol. The van der Waals surface area contributed by atoms with Gasteiger partial charge in [-0.15, -0.1) is 0 Å². The first kappa shape index (κ1) is 19.7. The number of esters is 1. The fourth-order valence-corrected chi connectivity index (χ4v) is 3.89. The van der Waals surface area contributed by atoms with Gasteiger partial charge in [-0.1, -0.05) is 30.3 Å². The van der Waals surface area contributed by atoms with Crippen molar-refractivity contribution < 1.29 is 23.9 Å². The van der Waals surface area contributed by atoms with Crippen LogP contribution in [0, 0.1) is 0 Å². The van der Waals surface area contributed by atoms with Gasteiger partial charge in [0.25, 0.3) is 11.5 Å². The van der Waals surface area contributed by atoms with Gasteiger partial charge in [0.05, 0.1) is 13.2 Å². The van der Waals surface area contributed by atoms with E-state index in [0.29, 0.717) is 19.5 Å². The summed E-state index contributed by atoms with van der Waals surface area (Å²) in [6, 6.07) is 8.74. The van der Waals surface area contributed by atoms with Crippen LogP contribution in [0.1, 0.15) is 12.5 Å². The summed E-state index contributed by atoms with van der Waals surface area (Å²) in [5.41, 5.74) is -0.673. The molecule has 0 radical (unpaired) electrons. The lowest BCUT2D eigenvalue weighted by Crippen LogP contribution is -2.55. The molecule has 1 N–H and O–H groups in total. The predicted octanol–water partition coefficient (Wildman–Crippen LogP) is 0.621. The Labute approximate surface area is 162 Å². The number of carbonyl (C=O) groups is 3. The van der Waals surface area contributed by atoms with E-state index in [1.807, 2.05) is 30.3 Å². The number of carbonyl (C=O) groups excluding carboxylic acids is 3. The molecule has 0 bridgehead atoms. The van der Waals surface area contributed by atoms with E-state index in [4.69, 9.17) is 9.47 Å². The molecule has 0 unspecified atom stereocenters. The quantitative estimate of drug-likeness (QED) is 0.416. The van der Waals surface area contributed by atoms with Crippen molar-refractivity contribution in [2.75, 3.05) is 37.8 Å². The van der Waals surface area contributed by atoms with Crippen LogP contribution >= 0.6 is 11.8 Å². The minimum absolute atomic E-state index is 0.0235. The molecule has 2 atom stereocenters. The number of nitrogens with one attached hydrogen (secondary N) is 1. The van der Waals surface area contributed by atoms with E-state index in [1.165, 1.54) is 0 Å². The molecule has 2 heterocycles. The Bertz CT molecular complexity index is 687. The summed E-state index contributed by atoms with van der Waals surface area (Å²) in [6.45, 7) is 3.12. The summed E-state index contributed by atoms with van der Waals surface area (Å²) in [5.74, 6) is 0.317. The van der Waals surface area contributed by atoms with Crippen molar-refractivity contribution in [2.24, 2.45) is 0 Å². The van der Waals surface area contributed by atoms with Crippen molar-refractivity contribution in [1.82, 2.24) is 10.2 Å². The van der Waals surface area contributed by atoms with Crippen molar-refractivity contribution >= 4 is 29.5 Å². The summed E-state index contributed by atoms with van der Waals surface area (Å²) in [5, 5.41) is 2.74. The first-order chi connectivity index (χ1) is 13.1. The summed E-state index contributed by atoms with van der Waals surface area (Å²) in [6.07, 6.45) is 0.355. The average molecular weight is 392 g/mol. The number of epoxide rings is 1. The molecule has 1 aromatic rings. The number of nitrogens with zero attached hydrogens (tertiary/aromatic N) is 1. The van der Waals surface area contributed by atoms with Gasteiger partial charge < -0.3 is 19.7 Å². The van der Waals surface area contributed by atoms with Gasteiger partial charge in [-0.05, 0) is 12.5 Å². The molecule has 0 aliphatic carbocycles. The Morgan fingerprint density at radius 1 is 1.26 bits per heavy atom. The number of benzene rings is 1. The van der Waals surface area contributed by atoms with Gasteiger partial charge in [-0.25, -0.2) is 4.79 Å². The zero-order valence-electron chi connectivity index (χ0n) is 15.3. The molecule has 0 aromatic heterocycles. The Morgan fingerprint density at radius 2 is 1.93 bits per heavy atom. The van der Waals surface area contributed by atoms with Crippen LogP contribution in [0.3, 0.4) is 0 Å². The van der Waals surface area contributed by atoms with E-state index < -0.39 is 23.5 Å². The highest BCUT2D eigenvalue weighted by molar-refractivity contribution is 7.99. The molecule has 2 saturated heterocycles. The third-order valence-electron chi connectivity index (χ3n) is 4.61. The summed E-state index contributed by atoms with van der Waals surface area (Å²) in [4.78, 5) is 39.6. The highest BCUT2D eigenvalue weighted by Gasteiger charge is 2.61. The Morgan fingerprint density at radius 3 is 2.52 bits per heavy atom. The van der Waals surface area contributed by atoms with Gasteiger partial charge in [-0.2, -0.15) is 11.8 Å². The molecule has 7 nitrogen and oxygen atoms in total. The van der Waals surface area contributed by atoms with Crippen molar-refractivity contribution in [3.63, 3.8) is 0 Å². The highest BCUT2D eigenvalue weighted by Crippen LogP contribution is 2.29. The lowest BCUT2D eigenvalue weighted by molar-refractivity contribution is -0.155. The van der Waals surface area contributed by atoms with Crippen LogP contribution in [0.5, 0.6) is 0 Å². The first-order valence-electron chi connectivity index (χ1n) is 9.09. The summed E-state index contributed by atoms with van der Waals surface area (Å²) < 4.78 is 10.1. The van der Waals surface area contributed by atoms with Crippen LogP contribution in [0.25, 0.3) is 0 Å². The summed E-state index contributed by atoms with van der Waals surface area (Å²) >= 11 is 1.81. The highest BCUT2D eigenvalue weighted by atomic mass is 32.2. The second kappa shape index (κ2) is 8.75. The van der Waals surface area contributed by atoms with E-state index in [0.717, 1.165) is 17.1 Å². The summed E-state index contributed by atoms with van der Waals surface area (Å²) in [7, 11) is 0. The van der Waals surface area contributed by atoms with E-state index >= 15 is 0 Å². The molecule has 2 amide bonds. The average Bonchev–Trinajstić information content (AvgIpc) is 3.51. The minimum Gasteiger partial charge on any atom is -0.463 e. The first-order valence-corrected chi connectivity index (χ1v) is 10.2. The van der Waals surface area contributed by atoms with Crippen LogP contribution < -0.4 is 5.32 Å².